The Bertz CT molecular complexity index is 1240. The van der Waals surface area contributed by atoms with Crippen LogP contribution in [0, 0.1) is 0 Å². The number of pyridine rings is 2. The van der Waals surface area contributed by atoms with Crippen LogP contribution in [0.25, 0.3) is 11.0 Å². The van der Waals surface area contributed by atoms with Crippen LogP contribution in [0.4, 0.5) is 33.7 Å². The number of amides is 2. The molecule has 1 aliphatic rings. The third-order valence-corrected chi connectivity index (χ3v) is 5.72. The number of hydrogen-bond acceptors (Lipinski definition) is 5. The van der Waals surface area contributed by atoms with Gasteiger partial charge in [-0.05, 0) is 18.6 Å². The molecule has 0 radical (unpaired) electrons. The topological polar surface area (TPSA) is 99.2 Å². The summed E-state index contributed by atoms with van der Waals surface area (Å²) in [5, 5.41) is 8.90. The lowest BCUT2D eigenvalue weighted by Crippen LogP contribution is -2.54. The second kappa shape index (κ2) is 8.37. The number of fused-ring (bicyclic) bond motifs is 1. The normalized spacial score (nSPS) is 19.0. The van der Waals surface area contributed by atoms with E-state index >= 15 is 4.39 Å². The number of rotatable bonds is 3. The predicted molar refractivity (Wildman–Crippen MR) is 113 cm³/mol. The van der Waals surface area contributed by atoms with Crippen LogP contribution in [0.5, 0.6) is 0 Å². The van der Waals surface area contributed by atoms with Gasteiger partial charge in [0.15, 0.2) is 0 Å². The number of aromatic nitrogens is 4. The average Bonchev–Trinajstić information content (AvgIpc) is 3.23. The molecule has 2 atom stereocenters. The van der Waals surface area contributed by atoms with Crippen LogP contribution in [0.3, 0.4) is 0 Å². The third kappa shape index (κ3) is 4.47. The molecule has 0 aromatic carbocycles. The van der Waals surface area contributed by atoms with Gasteiger partial charge in [-0.15, -0.1) is 0 Å². The Hall–Kier alpha value is -3.64. The zero-order valence-corrected chi connectivity index (χ0v) is 17.7. The Morgan fingerprint density at radius 3 is 2.76 bits per heavy atom. The summed E-state index contributed by atoms with van der Waals surface area (Å²) >= 11 is 0. The average molecular weight is 467 g/mol. The van der Waals surface area contributed by atoms with E-state index in [1.54, 1.807) is 17.3 Å². The van der Waals surface area contributed by atoms with Crippen LogP contribution in [-0.2, 0) is 13.2 Å². The lowest BCUT2D eigenvalue weighted by atomic mass is 10.0. The Kier molecular flexibility index (Phi) is 5.72. The molecule has 1 saturated heterocycles. The second-order valence-corrected chi connectivity index (χ2v) is 7.91. The van der Waals surface area contributed by atoms with E-state index in [2.05, 4.69) is 20.5 Å². The molecule has 2 N–H and O–H groups in total. The molecule has 0 unspecified atom stereocenters. The van der Waals surface area contributed by atoms with E-state index in [0.717, 1.165) is 16.5 Å². The summed E-state index contributed by atoms with van der Waals surface area (Å²) in [5.41, 5.74) is -0.324. The van der Waals surface area contributed by atoms with E-state index in [1.807, 2.05) is 6.07 Å². The smallest absolute Gasteiger partial charge is 0.367 e. The van der Waals surface area contributed by atoms with Crippen LogP contribution in [0.15, 0.2) is 35.5 Å². The molecule has 3 aromatic rings. The van der Waals surface area contributed by atoms with Gasteiger partial charge in [0.1, 0.15) is 17.4 Å². The molecule has 9 nitrogen and oxygen atoms in total. The summed E-state index contributed by atoms with van der Waals surface area (Å²) in [6, 6.07) is 0.692. The van der Waals surface area contributed by atoms with Crippen molar-refractivity contribution in [2.45, 2.75) is 24.8 Å². The molecule has 2 amide bonds. The highest BCUT2D eigenvalue weighted by Gasteiger charge is 2.35. The van der Waals surface area contributed by atoms with Crippen molar-refractivity contribution >= 4 is 28.4 Å². The predicted octanol–water partition coefficient (Wildman–Crippen LogP) is 2.76. The standard InChI is InChI=1S/C20H21F4N7O2/c1-29-9-11(20(22,23)24)5-15(18(29)32)27-19(33)30(2)17-3-4-31(10-13(17)21)12-6-14-16(25-7-12)8-26-28-14/h5-9,13,17H,3-4,10H2,1-2H3,(H,26,28)(H,27,33)/t13-,17+/m1/s1. The fraction of sp³-hybridized carbons (Fsp3) is 0.400. The molecular weight excluding hydrogens is 446 g/mol. The van der Waals surface area contributed by atoms with Crippen LogP contribution < -0.4 is 15.8 Å². The van der Waals surface area contributed by atoms with Gasteiger partial charge in [-0.3, -0.25) is 14.9 Å². The summed E-state index contributed by atoms with van der Waals surface area (Å²) in [4.78, 5) is 32.0. The molecule has 13 heteroatoms. The van der Waals surface area contributed by atoms with Gasteiger partial charge in [0.25, 0.3) is 5.56 Å². The maximum atomic E-state index is 15.0. The number of piperidine rings is 1. The number of nitrogens with one attached hydrogen (secondary N) is 2. The van der Waals surface area contributed by atoms with Crippen molar-refractivity contribution in [3.8, 4) is 0 Å². The molecule has 4 heterocycles. The van der Waals surface area contributed by atoms with Crippen LogP contribution in [0.2, 0.25) is 0 Å². The van der Waals surface area contributed by atoms with Gasteiger partial charge >= 0.3 is 12.2 Å². The fourth-order valence-electron chi connectivity index (χ4n) is 3.87. The van der Waals surface area contributed by atoms with Gasteiger partial charge in [0.2, 0.25) is 0 Å². The summed E-state index contributed by atoms with van der Waals surface area (Å²) in [5.74, 6) is 0. The SMILES string of the molecule is CN(C(=O)Nc1cc(C(F)(F)F)cn(C)c1=O)[C@H]1CCN(c2cnc3cn[nH]c3c2)C[C@H]1F. The molecule has 3 aromatic heterocycles. The van der Waals surface area contributed by atoms with Crippen molar-refractivity contribution < 1.29 is 22.4 Å². The summed E-state index contributed by atoms with van der Waals surface area (Å²) in [7, 11) is 2.50. The summed E-state index contributed by atoms with van der Waals surface area (Å²) in [6.07, 6.45) is -2.02. The molecular formula is C20H21F4N7O2. The third-order valence-electron chi connectivity index (χ3n) is 5.72. The minimum absolute atomic E-state index is 0.00502. The maximum absolute atomic E-state index is 15.0. The van der Waals surface area contributed by atoms with Crippen LogP contribution >= 0.6 is 0 Å². The zero-order chi connectivity index (χ0) is 23.9. The molecule has 33 heavy (non-hydrogen) atoms. The van der Waals surface area contributed by atoms with Crippen LogP contribution in [-0.4, -0.2) is 63.0 Å². The van der Waals surface area contributed by atoms with E-state index in [0.29, 0.717) is 35.5 Å². The first kappa shape index (κ1) is 22.6. The first-order valence-corrected chi connectivity index (χ1v) is 10.0. The molecule has 0 aliphatic carbocycles. The van der Waals surface area contributed by atoms with Gasteiger partial charge in [-0.2, -0.15) is 18.3 Å². The van der Waals surface area contributed by atoms with E-state index in [4.69, 9.17) is 0 Å². The number of anilines is 2. The number of urea groups is 1. The Morgan fingerprint density at radius 1 is 1.30 bits per heavy atom. The first-order valence-electron chi connectivity index (χ1n) is 10.0. The highest BCUT2D eigenvalue weighted by molar-refractivity contribution is 5.89. The van der Waals surface area contributed by atoms with E-state index < -0.39 is 41.2 Å². The lowest BCUT2D eigenvalue weighted by Gasteiger charge is -2.39. The van der Waals surface area contributed by atoms with Crippen molar-refractivity contribution in [3.63, 3.8) is 0 Å². The Balaban J connectivity index is 1.45. The monoisotopic (exact) mass is 467 g/mol. The zero-order valence-electron chi connectivity index (χ0n) is 17.7. The summed E-state index contributed by atoms with van der Waals surface area (Å²) < 4.78 is 54.9. The first-order chi connectivity index (χ1) is 15.5. The second-order valence-electron chi connectivity index (χ2n) is 7.91. The number of aryl methyl sites for hydroxylation is 1. The number of carbonyl (C=O) groups excluding carboxylic acids is 1. The van der Waals surface area contributed by atoms with Gasteiger partial charge in [-0.25, -0.2) is 9.18 Å². The largest absolute Gasteiger partial charge is 0.417 e. The molecule has 4 rings (SSSR count). The number of halogens is 4. The van der Waals surface area contributed by atoms with Crippen molar-refractivity contribution in [1.29, 1.82) is 0 Å². The molecule has 1 fully saturated rings. The molecule has 0 bridgehead atoms. The van der Waals surface area contributed by atoms with E-state index in [9.17, 15) is 22.8 Å². The lowest BCUT2D eigenvalue weighted by molar-refractivity contribution is -0.138. The van der Waals surface area contributed by atoms with E-state index in [1.165, 1.54) is 7.05 Å². The highest BCUT2D eigenvalue weighted by atomic mass is 19.4. The van der Waals surface area contributed by atoms with Crippen LogP contribution in [0.1, 0.15) is 12.0 Å². The van der Waals surface area contributed by atoms with Gasteiger partial charge in [0, 0.05) is 26.8 Å². The number of H-pyrrole nitrogens is 1. The van der Waals surface area contributed by atoms with Gasteiger partial charge in [0.05, 0.1) is 41.7 Å². The van der Waals surface area contributed by atoms with E-state index in [-0.39, 0.29) is 13.0 Å². The number of hydrogen-bond donors (Lipinski definition) is 2. The number of carbonyl (C=O) groups is 1. The maximum Gasteiger partial charge on any atom is 0.417 e. The van der Waals surface area contributed by atoms with Crippen molar-refractivity contribution in [1.82, 2.24) is 24.6 Å². The van der Waals surface area contributed by atoms with Crippen molar-refractivity contribution in [2.75, 3.05) is 30.4 Å². The molecule has 0 saturated carbocycles. The summed E-state index contributed by atoms with van der Waals surface area (Å²) in [6.45, 7) is 0.421. The van der Waals surface area contributed by atoms with Crippen molar-refractivity contribution in [3.05, 3.63) is 46.6 Å². The quantitative estimate of drug-likeness (QED) is 0.578. The minimum Gasteiger partial charge on any atom is -0.367 e. The number of aromatic amines is 1. The molecule has 0 spiro atoms. The number of nitrogens with zero attached hydrogens (tertiary/aromatic N) is 5. The number of alkyl halides is 4. The Morgan fingerprint density at radius 2 is 2.06 bits per heavy atom. The molecule has 176 valence electrons. The van der Waals surface area contributed by atoms with Gasteiger partial charge < -0.3 is 19.7 Å². The Labute approximate surface area is 185 Å². The van der Waals surface area contributed by atoms with Crippen molar-refractivity contribution in [2.24, 2.45) is 7.05 Å². The highest BCUT2D eigenvalue weighted by Crippen LogP contribution is 2.30. The van der Waals surface area contributed by atoms with Gasteiger partial charge in [-0.1, -0.05) is 0 Å². The molecule has 1 aliphatic heterocycles. The fourth-order valence-corrected chi connectivity index (χ4v) is 3.87. The minimum atomic E-state index is -4.69.